The molecule has 2 aliphatic rings. The fourth-order valence-electron chi connectivity index (χ4n) is 3.89. The zero-order valence-electron chi connectivity index (χ0n) is 11.2. The Hall–Kier alpha value is -1.25. The van der Waals surface area contributed by atoms with Crippen molar-refractivity contribution in [3.63, 3.8) is 0 Å². The fraction of sp³-hybridized carbons (Fsp3) is 0.667. The van der Waals surface area contributed by atoms with Crippen LogP contribution in [0.3, 0.4) is 0 Å². The van der Waals surface area contributed by atoms with Crippen LogP contribution >= 0.6 is 0 Å². The van der Waals surface area contributed by atoms with E-state index in [2.05, 4.69) is 20.8 Å². The number of furan rings is 1. The highest BCUT2D eigenvalue weighted by molar-refractivity contribution is 5.89. The fourth-order valence-corrected chi connectivity index (χ4v) is 3.89. The summed E-state index contributed by atoms with van der Waals surface area (Å²) in [6.07, 6.45) is 6.44. The second-order valence-electron chi connectivity index (χ2n) is 6.52. The van der Waals surface area contributed by atoms with Crippen LogP contribution in [-0.2, 0) is 4.74 Å². The molecule has 3 heteroatoms. The molecule has 0 aromatic carbocycles. The van der Waals surface area contributed by atoms with Crippen LogP contribution in [0.2, 0.25) is 0 Å². The molecule has 2 bridgehead atoms. The molecule has 0 spiro atoms. The third kappa shape index (κ3) is 1.39. The van der Waals surface area contributed by atoms with Crippen molar-refractivity contribution in [1.29, 1.82) is 0 Å². The number of carbonyl (C=O) groups is 1. The molecule has 0 saturated heterocycles. The van der Waals surface area contributed by atoms with Crippen LogP contribution < -0.4 is 0 Å². The lowest BCUT2D eigenvalue weighted by Crippen LogP contribution is -2.38. The molecule has 1 aromatic heterocycles. The average Bonchev–Trinajstić information content (AvgIpc) is 2.95. The summed E-state index contributed by atoms with van der Waals surface area (Å²) in [4.78, 5) is 12.0. The lowest BCUT2D eigenvalue weighted by atomic mass is 9.70. The van der Waals surface area contributed by atoms with Crippen molar-refractivity contribution in [2.24, 2.45) is 16.7 Å². The van der Waals surface area contributed by atoms with Crippen LogP contribution in [0.1, 0.15) is 50.4 Å². The smallest absolute Gasteiger partial charge is 0.341 e. The second kappa shape index (κ2) is 3.62. The molecule has 2 saturated carbocycles. The number of hydrogen-bond acceptors (Lipinski definition) is 3. The van der Waals surface area contributed by atoms with E-state index >= 15 is 0 Å². The van der Waals surface area contributed by atoms with Crippen LogP contribution in [0.15, 0.2) is 23.0 Å². The van der Waals surface area contributed by atoms with Crippen molar-refractivity contribution in [2.75, 3.05) is 0 Å². The first-order valence-corrected chi connectivity index (χ1v) is 6.68. The van der Waals surface area contributed by atoms with Gasteiger partial charge < -0.3 is 9.15 Å². The maximum absolute atomic E-state index is 12.0. The van der Waals surface area contributed by atoms with E-state index < -0.39 is 0 Å². The summed E-state index contributed by atoms with van der Waals surface area (Å²) in [5.41, 5.74) is 0.907. The molecule has 0 amide bonds. The minimum absolute atomic E-state index is 0.0497. The third-order valence-electron chi connectivity index (χ3n) is 5.72. The van der Waals surface area contributed by atoms with E-state index in [1.165, 1.54) is 18.9 Å². The first-order chi connectivity index (χ1) is 8.45. The number of esters is 1. The maximum Gasteiger partial charge on any atom is 0.341 e. The number of carbonyl (C=O) groups excluding carboxylic acids is 1. The summed E-state index contributed by atoms with van der Waals surface area (Å²) in [5.74, 6) is 0.433. The molecule has 3 unspecified atom stereocenters. The molecule has 3 atom stereocenters. The highest BCUT2D eigenvalue weighted by Gasteiger charge is 2.62. The van der Waals surface area contributed by atoms with Crippen molar-refractivity contribution in [2.45, 2.75) is 46.1 Å². The Bertz CT molecular complexity index is 460. The van der Waals surface area contributed by atoms with Gasteiger partial charge in [0.1, 0.15) is 12.4 Å². The molecule has 3 nitrogen and oxygen atoms in total. The predicted molar refractivity (Wildman–Crippen MR) is 67.1 cm³/mol. The Morgan fingerprint density at radius 2 is 2.22 bits per heavy atom. The van der Waals surface area contributed by atoms with E-state index in [1.807, 2.05) is 0 Å². The summed E-state index contributed by atoms with van der Waals surface area (Å²) in [6, 6.07) is 1.66. The molecule has 1 heterocycles. The molecule has 3 rings (SSSR count). The second-order valence-corrected chi connectivity index (χ2v) is 6.52. The number of hydrogen-bond donors (Lipinski definition) is 0. The topological polar surface area (TPSA) is 39.4 Å². The highest BCUT2D eigenvalue weighted by atomic mass is 16.5. The van der Waals surface area contributed by atoms with Crippen LogP contribution in [-0.4, -0.2) is 12.1 Å². The van der Waals surface area contributed by atoms with Crippen LogP contribution in [0.5, 0.6) is 0 Å². The van der Waals surface area contributed by atoms with Crippen LogP contribution in [0.4, 0.5) is 0 Å². The van der Waals surface area contributed by atoms with Crippen LogP contribution in [0, 0.1) is 16.7 Å². The first kappa shape index (κ1) is 11.8. The monoisotopic (exact) mass is 248 g/mol. The lowest BCUT2D eigenvalue weighted by molar-refractivity contribution is -0.0243. The van der Waals surface area contributed by atoms with Gasteiger partial charge in [0.05, 0.1) is 11.8 Å². The van der Waals surface area contributed by atoms with E-state index in [1.54, 1.807) is 6.07 Å². The molecule has 0 radical (unpaired) electrons. The quantitative estimate of drug-likeness (QED) is 0.750. The van der Waals surface area contributed by atoms with E-state index in [4.69, 9.17) is 9.15 Å². The van der Waals surface area contributed by atoms with Gasteiger partial charge in [0, 0.05) is 5.41 Å². The Morgan fingerprint density at radius 3 is 2.72 bits per heavy atom. The van der Waals surface area contributed by atoms with Crippen molar-refractivity contribution < 1.29 is 13.9 Å². The van der Waals surface area contributed by atoms with Gasteiger partial charge in [0.2, 0.25) is 0 Å². The van der Waals surface area contributed by atoms with E-state index in [0.29, 0.717) is 11.5 Å². The highest BCUT2D eigenvalue weighted by Crippen LogP contribution is 2.66. The molecular formula is C15H20O3. The zero-order chi connectivity index (χ0) is 13.0. The SMILES string of the molecule is CC1(C)C2CCC1(C)C(OC(=O)c1ccoc1)C2. The summed E-state index contributed by atoms with van der Waals surface area (Å²) in [7, 11) is 0. The summed E-state index contributed by atoms with van der Waals surface area (Å²) >= 11 is 0. The van der Waals surface area contributed by atoms with Gasteiger partial charge >= 0.3 is 5.97 Å². The van der Waals surface area contributed by atoms with Gasteiger partial charge in [-0.15, -0.1) is 0 Å². The van der Waals surface area contributed by atoms with E-state index in [9.17, 15) is 4.79 Å². The normalized spacial score (nSPS) is 36.8. The van der Waals surface area contributed by atoms with Crippen molar-refractivity contribution in [1.82, 2.24) is 0 Å². The summed E-state index contributed by atoms with van der Waals surface area (Å²) in [5, 5.41) is 0. The maximum atomic E-state index is 12.0. The van der Waals surface area contributed by atoms with Gasteiger partial charge in [-0.1, -0.05) is 20.8 Å². The lowest BCUT2D eigenvalue weighted by Gasteiger charge is -2.38. The largest absolute Gasteiger partial charge is 0.472 e. The van der Waals surface area contributed by atoms with E-state index in [0.717, 1.165) is 12.8 Å². The third-order valence-corrected chi connectivity index (χ3v) is 5.72. The van der Waals surface area contributed by atoms with Crippen molar-refractivity contribution in [3.05, 3.63) is 24.2 Å². The van der Waals surface area contributed by atoms with Gasteiger partial charge in [-0.05, 0) is 36.7 Å². The molecule has 0 aliphatic heterocycles. The van der Waals surface area contributed by atoms with Crippen molar-refractivity contribution in [3.8, 4) is 0 Å². The molecule has 98 valence electrons. The Kier molecular flexibility index (Phi) is 2.38. The number of fused-ring (bicyclic) bond motifs is 2. The average molecular weight is 248 g/mol. The summed E-state index contributed by atoms with van der Waals surface area (Å²) < 4.78 is 10.7. The minimum Gasteiger partial charge on any atom is -0.472 e. The molecular weight excluding hydrogens is 228 g/mol. The zero-order valence-corrected chi connectivity index (χ0v) is 11.2. The molecule has 18 heavy (non-hydrogen) atoms. The number of ether oxygens (including phenoxy) is 1. The van der Waals surface area contributed by atoms with Gasteiger partial charge in [-0.2, -0.15) is 0 Å². The molecule has 2 aliphatic carbocycles. The number of rotatable bonds is 2. The molecule has 2 fully saturated rings. The van der Waals surface area contributed by atoms with Gasteiger partial charge in [-0.3, -0.25) is 0 Å². The molecule has 0 N–H and O–H groups in total. The van der Waals surface area contributed by atoms with Gasteiger partial charge in [-0.25, -0.2) is 4.79 Å². The summed E-state index contributed by atoms with van der Waals surface area (Å²) in [6.45, 7) is 6.90. The molecule has 1 aromatic rings. The van der Waals surface area contributed by atoms with E-state index in [-0.39, 0.29) is 22.9 Å². The van der Waals surface area contributed by atoms with Crippen molar-refractivity contribution >= 4 is 5.97 Å². The Morgan fingerprint density at radius 1 is 1.44 bits per heavy atom. The standard InChI is InChI=1S/C15H20O3/c1-14(2)11-4-6-15(14,3)12(8-11)18-13(16)10-5-7-17-9-10/h5,7,9,11-12H,4,6,8H2,1-3H3. The first-order valence-electron chi connectivity index (χ1n) is 6.68. The minimum atomic E-state index is -0.252. The Labute approximate surface area is 108 Å². The van der Waals surface area contributed by atoms with Crippen LogP contribution in [0.25, 0.3) is 0 Å². The Balaban J connectivity index is 1.78. The predicted octanol–water partition coefficient (Wildman–Crippen LogP) is 3.65. The van der Waals surface area contributed by atoms with Gasteiger partial charge in [0.15, 0.2) is 0 Å². The van der Waals surface area contributed by atoms with Gasteiger partial charge in [0.25, 0.3) is 0 Å².